The number of para-hydroxylation sites is 1. The number of pyridine rings is 1. The summed E-state index contributed by atoms with van der Waals surface area (Å²) < 4.78 is 4.77. The molecule has 8 heteroatoms. The molecule has 0 saturated heterocycles. The van der Waals surface area contributed by atoms with Crippen molar-refractivity contribution in [1.82, 2.24) is 4.98 Å². The number of hydrogen-bond acceptors (Lipinski definition) is 6. The molecule has 1 heterocycles. The quantitative estimate of drug-likeness (QED) is 0.667. The molecule has 0 aliphatic heterocycles. The highest BCUT2D eigenvalue weighted by molar-refractivity contribution is 5.88. The minimum absolute atomic E-state index is 0. The van der Waals surface area contributed by atoms with Gasteiger partial charge in [-0.2, -0.15) is 0 Å². The van der Waals surface area contributed by atoms with Crippen molar-refractivity contribution >= 4 is 35.8 Å². The molecule has 2 aromatic rings. The van der Waals surface area contributed by atoms with Gasteiger partial charge in [-0.3, -0.25) is 5.32 Å². The lowest BCUT2D eigenvalue weighted by molar-refractivity contribution is 0.168. The second-order valence-electron chi connectivity index (χ2n) is 4.46. The molecule has 124 valence electrons. The lowest BCUT2D eigenvalue weighted by Gasteiger charge is -2.11. The van der Waals surface area contributed by atoms with E-state index in [-0.39, 0.29) is 30.6 Å². The fraction of sp³-hybridized carbons (Fsp3) is 0.200. The fourth-order valence-electron chi connectivity index (χ4n) is 1.80. The van der Waals surface area contributed by atoms with E-state index in [4.69, 9.17) is 10.5 Å². The number of phenols is 1. The Balaban J connectivity index is 0.00000264. The highest BCUT2D eigenvalue weighted by atomic mass is 35.5. The maximum Gasteiger partial charge on any atom is 0.411 e. The third-order valence-electron chi connectivity index (χ3n) is 2.89. The molecule has 1 amide bonds. The molecule has 5 N–H and O–H groups in total. The normalized spacial score (nSPS) is 9.61. The summed E-state index contributed by atoms with van der Waals surface area (Å²) in [6.45, 7) is 2.40. The summed E-state index contributed by atoms with van der Waals surface area (Å²) in [5, 5.41) is 15.2. The summed E-state index contributed by atoms with van der Waals surface area (Å²) in [5.74, 6) is 0.925. The van der Waals surface area contributed by atoms with Crippen LogP contribution in [0.1, 0.15) is 12.5 Å². The van der Waals surface area contributed by atoms with Crippen LogP contribution in [0.3, 0.4) is 0 Å². The first-order valence-corrected chi connectivity index (χ1v) is 6.81. The van der Waals surface area contributed by atoms with Crippen LogP contribution in [-0.2, 0) is 11.3 Å². The number of carbonyl (C=O) groups is 1. The number of nitrogens with one attached hydrogen (secondary N) is 2. The molecule has 0 spiro atoms. The average Bonchev–Trinajstić information content (AvgIpc) is 2.49. The average molecular weight is 339 g/mol. The molecular weight excluding hydrogens is 320 g/mol. The van der Waals surface area contributed by atoms with E-state index in [0.717, 1.165) is 5.56 Å². The molecule has 0 saturated carbocycles. The smallest absolute Gasteiger partial charge is 0.411 e. The molecule has 0 aliphatic rings. The maximum atomic E-state index is 11.3. The third kappa shape index (κ3) is 5.23. The molecule has 0 radical (unpaired) electrons. The van der Waals surface area contributed by atoms with Gasteiger partial charge in [0.1, 0.15) is 17.4 Å². The number of hydrogen-bond donors (Lipinski definition) is 4. The predicted molar refractivity (Wildman–Crippen MR) is 92.0 cm³/mol. The van der Waals surface area contributed by atoms with Crippen molar-refractivity contribution in [3.63, 3.8) is 0 Å². The summed E-state index contributed by atoms with van der Waals surface area (Å²) in [6.07, 6.45) is -0.578. The van der Waals surface area contributed by atoms with Crippen LogP contribution >= 0.6 is 12.4 Å². The number of ether oxygens (including phenoxy) is 1. The van der Waals surface area contributed by atoms with Crippen molar-refractivity contribution in [3.05, 3.63) is 42.0 Å². The van der Waals surface area contributed by atoms with Gasteiger partial charge >= 0.3 is 6.09 Å². The van der Waals surface area contributed by atoms with Crippen LogP contribution in [0.4, 0.5) is 22.1 Å². The number of aromatic hydroxyl groups is 1. The van der Waals surface area contributed by atoms with Crippen molar-refractivity contribution < 1.29 is 14.6 Å². The van der Waals surface area contributed by atoms with E-state index in [9.17, 15) is 9.90 Å². The zero-order valence-corrected chi connectivity index (χ0v) is 13.4. The molecular formula is C15H19ClN4O3. The van der Waals surface area contributed by atoms with Crippen molar-refractivity contribution in [2.75, 3.05) is 23.0 Å². The number of anilines is 3. The second-order valence-corrected chi connectivity index (χ2v) is 4.46. The van der Waals surface area contributed by atoms with Gasteiger partial charge in [-0.05, 0) is 25.1 Å². The van der Waals surface area contributed by atoms with E-state index in [1.54, 1.807) is 31.2 Å². The largest absolute Gasteiger partial charge is 0.508 e. The van der Waals surface area contributed by atoms with Gasteiger partial charge in [0.15, 0.2) is 0 Å². The van der Waals surface area contributed by atoms with Gasteiger partial charge in [-0.25, -0.2) is 9.78 Å². The molecule has 0 fully saturated rings. The number of nitrogens with zero attached hydrogens (tertiary/aromatic N) is 1. The molecule has 23 heavy (non-hydrogen) atoms. The van der Waals surface area contributed by atoms with Crippen LogP contribution in [0.2, 0.25) is 0 Å². The molecule has 0 bridgehead atoms. The van der Waals surface area contributed by atoms with E-state index in [0.29, 0.717) is 18.1 Å². The molecule has 1 aromatic carbocycles. The zero-order chi connectivity index (χ0) is 15.9. The number of nitrogen functional groups attached to an aromatic ring is 1. The minimum Gasteiger partial charge on any atom is -0.508 e. The van der Waals surface area contributed by atoms with E-state index in [1.165, 1.54) is 0 Å². The number of halogens is 1. The lowest BCUT2D eigenvalue weighted by Crippen LogP contribution is -2.15. The second kappa shape index (κ2) is 8.70. The Morgan fingerprint density at radius 1 is 1.30 bits per heavy atom. The Bertz CT molecular complexity index is 667. The molecule has 1 aromatic heterocycles. The Morgan fingerprint density at radius 3 is 2.70 bits per heavy atom. The molecule has 0 atom stereocenters. The van der Waals surface area contributed by atoms with Crippen LogP contribution in [-0.4, -0.2) is 22.8 Å². The highest BCUT2D eigenvalue weighted by Gasteiger charge is 2.08. The molecule has 2 rings (SSSR count). The first-order chi connectivity index (χ1) is 10.6. The number of aromatic nitrogens is 1. The fourth-order valence-corrected chi connectivity index (χ4v) is 1.80. The predicted octanol–water partition coefficient (Wildman–Crippen LogP) is 2.97. The van der Waals surface area contributed by atoms with Gasteiger partial charge < -0.3 is 20.9 Å². The first-order valence-electron chi connectivity index (χ1n) is 6.81. The summed E-state index contributed by atoms with van der Waals surface area (Å²) in [7, 11) is 0. The van der Waals surface area contributed by atoms with Crippen LogP contribution in [0.15, 0.2) is 36.4 Å². The van der Waals surface area contributed by atoms with Crippen molar-refractivity contribution in [3.8, 4) is 5.75 Å². The highest BCUT2D eigenvalue weighted by Crippen LogP contribution is 2.21. The van der Waals surface area contributed by atoms with Crippen molar-refractivity contribution in [2.45, 2.75) is 13.5 Å². The van der Waals surface area contributed by atoms with Crippen LogP contribution in [0.5, 0.6) is 5.75 Å². The van der Waals surface area contributed by atoms with Gasteiger partial charge in [0.05, 0.1) is 12.3 Å². The number of rotatable bonds is 5. The number of benzene rings is 1. The number of carbonyl (C=O) groups excluding carboxylic acids is 1. The standard InChI is InChI=1S/C15H18N4O3.ClH/c1-2-22-15(21)18-11-7-8-13(19-14(11)16)17-9-10-5-3-4-6-12(10)20;/h3-8,20H,2,9H2,1H3,(H,18,21)(H3,16,17,19);1H. The summed E-state index contributed by atoms with van der Waals surface area (Å²) in [5.41, 5.74) is 6.92. The molecule has 0 aliphatic carbocycles. The summed E-state index contributed by atoms with van der Waals surface area (Å²) in [6, 6.07) is 10.3. The van der Waals surface area contributed by atoms with Gasteiger partial charge in [0.2, 0.25) is 0 Å². The van der Waals surface area contributed by atoms with E-state index >= 15 is 0 Å². The van der Waals surface area contributed by atoms with Crippen molar-refractivity contribution in [2.24, 2.45) is 0 Å². The number of amides is 1. The van der Waals surface area contributed by atoms with E-state index < -0.39 is 6.09 Å². The molecule has 7 nitrogen and oxygen atoms in total. The first kappa shape index (κ1) is 18.4. The lowest BCUT2D eigenvalue weighted by atomic mass is 10.2. The SMILES string of the molecule is CCOC(=O)Nc1ccc(NCc2ccccc2O)nc1N.Cl. The Labute approximate surface area is 140 Å². The topological polar surface area (TPSA) is 110 Å². The Kier molecular flexibility index (Phi) is 6.95. The van der Waals surface area contributed by atoms with Crippen LogP contribution in [0.25, 0.3) is 0 Å². The van der Waals surface area contributed by atoms with Crippen LogP contribution in [0, 0.1) is 0 Å². The van der Waals surface area contributed by atoms with Gasteiger partial charge in [-0.1, -0.05) is 18.2 Å². The minimum atomic E-state index is -0.578. The third-order valence-corrected chi connectivity index (χ3v) is 2.89. The number of phenolic OH excluding ortho intramolecular Hbond substituents is 1. The number of nitrogens with two attached hydrogens (primary N) is 1. The van der Waals surface area contributed by atoms with E-state index in [2.05, 4.69) is 15.6 Å². The summed E-state index contributed by atoms with van der Waals surface area (Å²) >= 11 is 0. The van der Waals surface area contributed by atoms with Gasteiger partial charge in [0.25, 0.3) is 0 Å². The Morgan fingerprint density at radius 2 is 2.04 bits per heavy atom. The molecule has 0 unspecified atom stereocenters. The summed E-state index contributed by atoms with van der Waals surface area (Å²) in [4.78, 5) is 15.5. The van der Waals surface area contributed by atoms with Gasteiger partial charge in [0, 0.05) is 12.1 Å². The monoisotopic (exact) mass is 338 g/mol. The maximum absolute atomic E-state index is 11.3. The van der Waals surface area contributed by atoms with Crippen molar-refractivity contribution in [1.29, 1.82) is 0 Å². The van der Waals surface area contributed by atoms with Crippen LogP contribution < -0.4 is 16.4 Å². The van der Waals surface area contributed by atoms with E-state index in [1.807, 2.05) is 12.1 Å². The zero-order valence-electron chi connectivity index (χ0n) is 12.6. The Hall–Kier alpha value is -2.67. The van der Waals surface area contributed by atoms with Gasteiger partial charge in [-0.15, -0.1) is 12.4 Å².